The van der Waals surface area contributed by atoms with Gasteiger partial charge in [-0.05, 0) is 25.8 Å². The van der Waals surface area contributed by atoms with Crippen molar-refractivity contribution in [1.82, 2.24) is 9.97 Å². The fraction of sp³-hybridized carbons (Fsp3) is 0.583. The van der Waals surface area contributed by atoms with Crippen LogP contribution in [0.3, 0.4) is 0 Å². The Kier molecular flexibility index (Phi) is 3.76. The Bertz CT molecular complexity index is 430. The van der Waals surface area contributed by atoms with E-state index in [1.165, 1.54) is 0 Å². The molecule has 2 rings (SSSR count). The van der Waals surface area contributed by atoms with Crippen LogP contribution in [-0.4, -0.2) is 40.8 Å². The van der Waals surface area contributed by atoms with E-state index in [9.17, 15) is 9.90 Å². The Labute approximate surface area is 105 Å². The summed E-state index contributed by atoms with van der Waals surface area (Å²) in [6.07, 6.45) is 2.68. The third-order valence-electron chi connectivity index (χ3n) is 3.28. The van der Waals surface area contributed by atoms with E-state index >= 15 is 0 Å². The van der Waals surface area contributed by atoms with Crippen molar-refractivity contribution >= 4 is 11.9 Å². The molecule has 0 spiro atoms. The van der Waals surface area contributed by atoms with Crippen LogP contribution in [-0.2, 0) is 9.53 Å². The Balaban J connectivity index is 2.04. The number of nitrogens with zero attached hydrogens (tertiary/aromatic N) is 2. The zero-order chi connectivity index (χ0) is 13.0. The molecule has 2 heterocycles. The van der Waals surface area contributed by atoms with Crippen molar-refractivity contribution in [2.75, 3.05) is 25.1 Å². The second-order valence-electron chi connectivity index (χ2n) is 4.57. The molecule has 1 aliphatic heterocycles. The van der Waals surface area contributed by atoms with E-state index in [1.807, 2.05) is 6.92 Å². The van der Waals surface area contributed by atoms with Crippen molar-refractivity contribution in [3.8, 4) is 0 Å². The van der Waals surface area contributed by atoms with Crippen LogP contribution in [0.5, 0.6) is 0 Å². The third-order valence-corrected chi connectivity index (χ3v) is 3.28. The summed E-state index contributed by atoms with van der Waals surface area (Å²) in [7, 11) is 0. The van der Waals surface area contributed by atoms with Gasteiger partial charge in [-0.2, -0.15) is 0 Å². The molecule has 0 aromatic carbocycles. The molecule has 2 N–H and O–H groups in total. The third kappa shape index (κ3) is 2.76. The number of aryl methyl sites for hydroxylation is 1. The summed E-state index contributed by atoms with van der Waals surface area (Å²) in [5, 5.41) is 12.4. The average molecular weight is 251 g/mol. The second-order valence-corrected chi connectivity index (χ2v) is 4.57. The molecule has 98 valence electrons. The minimum atomic E-state index is -0.786. The van der Waals surface area contributed by atoms with Gasteiger partial charge >= 0.3 is 5.97 Å². The van der Waals surface area contributed by atoms with E-state index in [0.29, 0.717) is 38.5 Å². The van der Waals surface area contributed by atoms with Crippen LogP contribution in [0.4, 0.5) is 5.95 Å². The van der Waals surface area contributed by atoms with Crippen molar-refractivity contribution in [2.24, 2.45) is 5.41 Å². The van der Waals surface area contributed by atoms with E-state index in [1.54, 1.807) is 12.3 Å². The molecule has 0 saturated carbocycles. The molecule has 0 amide bonds. The number of carboxylic acids is 1. The zero-order valence-electron chi connectivity index (χ0n) is 10.3. The number of aromatic nitrogens is 2. The van der Waals surface area contributed by atoms with E-state index in [4.69, 9.17) is 4.74 Å². The topological polar surface area (TPSA) is 84.3 Å². The van der Waals surface area contributed by atoms with Crippen LogP contribution in [0, 0.1) is 12.3 Å². The van der Waals surface area contributed by atoms with Crippen molar-refractivity contribution < 1.29 is 14.6 Å². The molecule has 0 radical (unpaired) electrons. The fourth-order valence-electron chi connectivity index (χ4n) is 2.01. The van der Waals surface area contributed by atoms with Gasteiger partial charge in [0.1, 0.15) is 0 Å². The number of nitrogens with one attached hydrogen (secondary N) is 1. The van der Waals surface area contributed by atoms with E-state index in [-0.39, 0.29) is 0 Å². The van der Waals surface area contributed by atoms with Gasteiger partial charge in [-0.15, -0.1) is 0 Å². The second kappa shape index (κ2) is 5.30. The Morgan fingerprint density at radius 3 is 2.89 bits per heavy atom. The largest absolute Gasteiger partial charge is 0.481 e. The van der Waals surface area contributed by atoms with Crippen molar-refractivity contribution in [3.05, 3.63) is 18.0 Å². The molecular weight excluding hydrogens is 234 g/mol. The molecule has 6 heteroatoms. The molecule has 1 saturated heterocycles. The first kappa shape index (κ1) is 12.8. The molecule has 6 nitrogen and oxygen atoms in total. The maximum atomic E-state index is 11.4. The maximum absolute atomic E-state index is 11.4. The van der Waals surface area contributed by atoms with Crippen LogP contribution >= 0.6 is 0 Å². The van der Waals surface area contributed by atoms with Crippen LogP contribution in [0.15, 0.2) is 12.3 Å². The smallest absolute Gasteiger partial charge is 0.311 e. The number of hydrogen-bond donors (Lipinski definition) is 2. The molecule has 0 aliphatic carbocycles. The summed E-state index contributed by atoms with van der Waals surface area (Å²) in [5.74, 6) is -0.312. The molecule has 0 unspecified atom stereocenters. The van der Waals surface area contributed by atoms with Gasteiger partial charge in [-0.25, -0.2) is 9.97 Å². The molecule has 1 aromatic heterocycles. The van der Waals surface area contributed by atoms with E-state index < -0.39 is 11.4 Å². The summed E-state index contributed by atoms with van der Waals surface area (Å²) >= 11 is 0. The molecule has 1 aromatic rings. The minimum absolute atomic E-state index is 0.329. The number of carbonyl (C=O) groups is 1. The zero-order valence-corrected chi connectivity index (χ0v) is 10.3. The number of carboxylic acid groups (broad SMARTS) is 1. The van der Waals surface area contributed by atoms with Gasteiger partial charge in [0.25, 0.3) is 0 Å². The number of hydrogen-bond acceptors (Lipinski definition) is 5. The number of anilines is 1. The Morgan fingerprint density at radius 1 is 1.56 bits per heavy atom. The molecule has 1 fully saturated rings. The Morgan fingerprint density at radius 2 is 2.28 bits per heavy atom. The predicted octanol–water partition coefficient (Wildman–Crippen LogP) is 1.08. The highest BCUT2D eigenvalue weighted by Gasteiger charge is 2.40. The summed E-state index contributed by atoms with van der Waals surface area (Å²) in [5.41, 5.74) is 0.0783. The molecule has 0 bridgehead atoms. The quantitative estimate of drug-likeness (QED) is 0.833. The van der Waals surface area contributed by atoms with Crippen LogP contribution < -0.4 is 5.32 Å². The van der Waals surface area contributed by atoms with Crippen molar-refractivity contribution in [3.63, 3.8) is 0 Å². The number of ether oxygens (including phenoxy) is 1. The van der Waals surface area contributed by atoms with Gasteiger partial charge in [-0.1, -0.05) is 0 Å². The number of rotatable bonds is 4. The lowest BCUT2D eigenvalue weighted by molar-refractivity contribution is -0.153. The predicted molar refractivity (Wildman–Crippen MR) is 65.4 cm³/mol. The Hall–Kier alpha value is -1.69. The lowest BCUT2D eigenvalue weighted by atomic mass is 9.80. The van der Waals surface area contributed by atoms with Gasteiger partial charge < -0.3 is 15.2 Å². The van der Waals surface area contributed by atoms with E-state index in [0.717, 1.165) is 5.69 Å². The summed E-state index contributed by atoms with van der Waals surface area (Å²) in [6, 6.07) is 1.80. The molecule has 18 heavy (non-hydrogen) atoms. The first-order chi connectivity index (χ1) is 8.62. The first-order valence-corrected chi connectivity index (χ1v) is 5.97. The average Bonchev–Trinajstić information content (AvgIpc) is 2.37. The van der Waals surface area contributed by atoms with Crippen LogP contribution in [0.25, 0.3) is 0 Å². The standard InChI is InChI=1S/C12H17N3O3/c1-9-2-5-13-11(15-9)14-8-12(10(16)17)3-6-18-7-4-12/h2,5H,3-4,6-8H2,1H3,(H,16,17)(H,13,14,15). The van der Waals surface area contributed by atoms with Gasteiger partial charge in [-0.3, -0.25) is 4.79 Å². The van der Waals surface area contributed by atoms with E-state index in [2.05, 4.69) is 15.3 Å². The lowest BCUT2D eigenvalue weighted by Gasteiger charge is -2.33. The van der Waals surface area contributed by atoms with Crippen LogP contribution in [0.1, 0.15) is 18.5 Å². The SMILES string of the molecule is Cc1ccnc(NCC2(C(=O)O)CCOCC2)n1. The highest BCUT2D eigenvalue weighted by atomic mass is 16.5. The highest BCUT2D eigenvalue weighted by Crippen LogP contribution is 2.30. The summed E-state index contributed by atoms with van der Waals surface area (Å²) in [4.78, 5) is 19.7. The minimum Gasteiger partial charge on any atom is -0.481 e. The summed E-state index contributed by atoms with van der Waals surface area (Å²) < 4.78 is 5.22. The van der Waals surface area contributed by atoms with Crippen molar-refractivity contribution in [1.29, 1.82) is 0 Å². The van der Waals surface area contributed by atoms with Gasteiger partial charge in [0.05, 0.1) is 5.41 Å². The van der Waals surface area contributed by atoms with Gasteiger partial charge in [0, 0.05) is 31.6 Å². The van der Waals surface area contributed by atoms with Gasteiger partial charge in [0.15, 0.2) is 0 Å². The summed E-state index contributed by atoms with van der Waals surface area (Å²) in [6.45, 7) is 3.18. The first-order valence-electron chi connectivity index (χ1n) is 5.97. The molecular formula is C12H17N3O3. The highest BCUT2D eigenvalue weighted by molar-refractivity contribution is 5.75. The number of aliphatic carboxylic acids is 1. The lowest BCUT2D eigenvalue weighted by Crippen LogP contribution is -2.42. The maximum Gasteiger partial charge on any atom is 0.311 e. The normalized spacial score (nSPS) is 18.3. The van der Waals surface area contributed by atoms with Crippen LogP contribution in [0.2, 0.25) is 0 Å². The fourth-order valence-corrected chi connectivity index (χ4v) is 2.01. The monoisotopic (exact) mass is 251 g/mol. The van der Waals surface area contributed by atoms with Crippen molar-refractivity contribution in [2.45, 2.75) is 19.8 Å². The molecule has 1 aliphatic rings. The van der Waals surface area contributed by atoms with Gasteiger partial charge in [0.2, 0.25) is 5.95 Å². The molecule has 0 atom stereocenters.